The predicted molar refractivity (Wildman–Crippen MR) is 59.9 cm³/mol. The third kappa shape index (κ3) is 3.80. The van der Waals surface area contributed by atoms with E-state index in [4.69, 9.17) is 10.5 Å². The average molecular weight is 250 g/mol. The summed E-state index contributed by atoms with van der Waals surface area (Å²) in [5.74, 6) is -3.51. The summed E-state index contributed by atoms with van der Waals surface area (Å²) in [5.41, 5.74) is 5.30. The molecule has 0 spiro atoms. The Hall–Kier alpha value is -0.910. The molecule has 6 heteroatoms. The van der Waals surface area contributed by atoms with Gasteiger partial charge in [-0.15, -0.1) is 0 Å². The second-order valence-corrected chi connectivity index (χ2v) is 4.86. The Morgan fingerprint density at radius 1 is 1.59 bits per heavy atom. The topological polar surface area (TPSA) is 55.6 Å². The molecular weight excluding hydrogens is 230 g/mol. The number of rotatable bonds is 3. The number of hydrogen-bond donors (Lipinski definition) is 1. The van der Waals surface area contributed by atoms with E-state index in [1.807, 2.05) is 13.8 Å². The van der Waals surface area contributed by atoms with Gasteiger partial charge in [-0.05, 0) is 5.92 Å². The molecule has 1 heterocycles. The van der Waals surface area contributed by atoms with Gasteiger partial charge in [0, 0.05) is 26.1 Å². The number of hydrogen-bond acceptors (Lipinski definition) is 3. The minimum Gasteiger partial charge on any atom is -0.449 e. The molecule has 17 heavy (non-hydrogen) atoms. The Morgan fingerprint density at radius 3 is 2.76 bits per heavy atom. The molecule has 1 saturated heterocycles. The second-order valence-electron chi connectivity index (χ2n) is 4.86. The number of alkyl halides is 2. The first-order valence-electron chi connectivity index (χ1n) is 5.86. The highest BCUT2D eigenvalue weighted by Gasteiger charge is 2.44. The van der Waals surface area contributed by atoms with Crippen LogP contribution in [0.3, 0.4) is 0 Å². The molecule has 0 aromatic carbocycles. The number of nitrogens with zero attached hydrogens (tertiary/aromatic N) is 1. The summed E-state index contributed by atoms with van der Waals surface area (Å²) < 4.78 is 31.7. The van der Waals surface area contributed by atoms with Gasteiger partial charge in [0.15, 0.2) is 0 Å². The lowest BCUT2D eigenvalue weighted by atomic mass is 9.94. The van der Waals surface area contributed by atoms with Crippen LogP contribution in [-0.4, -0.2) is 43.2 Å². The standard InChI is InChI=1S/C11H20F2N2O2/c1-8(2)7-17-10(16)15-4-3-11(12,13)9(5-14)6-15/h8-9H,3-7,14H2,1-2H3. The molecule has 2 N–H and O–H groups in total. The van der Waals surface area contributed by atoms with E-state index in [1.165, 1.54) is 4.90 Å². The van der Waals surface area contributed by atoms with E-state index in [1.54, 1.807) is 0 Å². The van der Waals surface area contributed by atoms with Crippen molar-refractivity contribution in [3.05, 3.63) is 0 Å². The quantitative estimate of drug-likeness (QED) is 0.829. The van der Waals surface area contributed by atoms with E-state index < -0.39 is 17.9 Å². The highest BCUT2D eigenvalue weighted by atomic mass is 19.3. The van der Waals surface area contributed by atoms with Crippen molar-refractivity contribution in [1.82, 2.24) is 4.90 Å². The molecular formula is C11H20F2N2O2. The molecule has 1 aliphatic heterocycles. The van der Waals surface area contributed by atoms with E-state index in [0.29, 0.717) is 6.61 Å². The minimum absolute atomic E-state index is 0.0274. The third-order valence-electron chi connectivity index (χ3n) is 2.84. The van der Waals surface area contributed by atoms with Gasteiger partial charge in [0.05, 0.1) is 12.5 Å². The first-order valence-corrected chi connectivity index (χ1v) is 5.86. The number of amides is 1. The van der Waals surface area contributed by atoms with Crippen molar-refractivity contribution in [3.8, 4) is 0 Å². The van der Waals surface area contributed by atoms with Gasteiger partial charge in [-0.25, -0.2) is 13.6 Å². The molecule has 0 aromatic heterocycles. The fraction of sp³-hybridized carbons (Fsp3) is 0.909. The maximum atomic E-state index is 13.4. The van der Waals surface area contributed by atoms with E-state index in [2.05, 4.69) is 0 Å². The summed E-state index contributed by atoms with van der Waals surface area (Å²) >= 11 is 0. The molecule has 1 amide bonds. The lowest BCUT2D eigenvalue weighted by molar-refractivity contribution is -0.0982. The number of carbonyl (C=O) groups excluding carboxylic acids is 1. The first-order chi connectivity index (χ1) is 7.86. The molecule has 0 aliphatic carbocycles. The second kappa shape index (κ2) is 5.62. The zero-order chi connectivity index (χ0) is 13.1. The van der Waals surface area contributed by atoms with Crippen molar-refractivity contribution in [1.29, 1.82) is 0 Å². The molecule has 0 bridgehead atoms. The SMILES string of the molecule is CC(C)COC(=O)N1CCC(F)(F)C(CN)C1. The fourth-order valence-electron chi connectivity index (χ4n) is 1.72. The lowest BCUT2D eigenvalue weighted by Crippen LogP contribution is -2.51. The molecule has 4 nitrogen and oxygen atoms in total. The van der Waals surface area contributed by atoms with Gasteiger partial charge in [0.1, 0.15) is 0 Å². The van der Waals surface area contributed by atoms with Crippen molar-refractivity contribution in [2.75, 3.05) is 26.2 Å². The molecule has 0 saturated carbocycles. The Morgan fingerprint density at radius 2 is 2.24 bits per heavy atom. The van der Waals surface area contributed by atoms with Crippen LogP contribution in [0.5, 0.6) is 0 Å². The molecule has 100 valence electrons. The maximum Gasteiger partial charge on any atom is 0.409 e. The smallest absolute Gasteiger partial charge is 0.409 e. The van der Waals surface area contributed by atoms with Crippen molar-refractivity contribution >= 4 is 6.09 Å². The van der Waals surface area contributed by atoms with Gasteiger partial charge in [-0.1, -0.05) is 13.8 Å². The fourth-order valence-corrected chi connectivity index (χ4v) is 1.72. The normalized spacial score (nSPS) is 23.9. The highest BCUT2D eigenvalue weighted by Crippen LogP contribution is 2.32. The summed E-state index contributed by atoms with van der Waals surface area (Å²) in [6.45, 7) is 4.02. The van der Waals surface area contributed by atoms with Crippen LogP contribution < -0.4 is 5.73 Å². The van der Waals surface area contributed by atoms with Gasteiger partial charge in [-0.3, -0.25) is 0 Å². The zero-order valence-electron chi connectivity index (χ0n) is 10.3. The van der Waals surface area contributed by atoms with Crippen LogP contribution in [0.4, 0.5) is 13.6 Å². The van der Waals surface area contributed by atoms with E-state index in [-0.39, 0.29) is 32.0 Å². The van der Waals surface area contributed by atoms with Crippen molar-refractivity contribution < 1.29 is 18.3 Å². The molecule has 1 aliphatic rings. The predicted octanol–water partition coefficient (Wildman–Crippen LogP) is 1.69. The zero-order valence-corrected chi connectivity index (χ0v) is 10.3. The van der Waals surface area contributed by atoms with Gasteiger partial charge in [0.2, 0.25) is 0 Å². The Bertz CT molecular complexity index is 272. The number of ether oxygens (including phenoxy) is 1. The van der Waals surface area contributed by atoms with Crippen LogP contribution in [0.1, 0.15) is 20.3 Å². The van der Waals surface area contributed by atoms with E-state index >= 15 is 0 Å². The van der Waals surface area contributed by atoms with Crippen LogP contribution in [0.25, 0.3) is 0 Å². The number of piperidine rings is 1. The van der Waals surface area contributed by atoms with Crippen molar-refractivity contribution in [2.24, 2.45) is 17.6 Å². The van der Waals surface area contributed by atoms with Crippen LogP contribution in [0, 0.1) is 11.8 Å². The van der Waals surface area contributed by atoms with Crippen molar-refractivity contribution in [3.63, 3.8) is 0 Å². The summed E-state index contributed by atoms with van der Waals surface area (Å²) in [4.78, 5) is 12.9. The van der Waals surface area contributed by atoms with Gasteiger partial charge in [0.25, 0.3) is 5.92 Å². The highest BCUT2D eigenvalue weighted by molar-refractivity contribution is 5.67. The molecule has 0 aromatic rings. The summed E-state index contributed by atoms with van der Waals surface area (Å²) in [6, 6.07) is 0. The molecule has 1 fully saturated rings. The Balaban J connectivity index is 2.49. The number of likely N-dealkylation sites (tertiary alicyclic amines) is 1. The Kier molecular flexibility index (Phi) is 4.68. The largest absolute Gasteiger partial charge is 0.449 e. The average Bonchev–Trinajstić information content (AvgIpc) is 2.25. The Labute approximate surface area is 100 Å². The van der Waals surface area contributed by atoms with E-state index in [9.17, 15) is 13.6 Å². The van der Waals surface area contributed by atoms with Crippen LogP contribution in [0.15, 0.2) is 0 Å². The number of carbonyl (C=O) groups is 1. The third-order valence-corrected chi connectivity index (χ3v) is 2.84. The van der Waals surface area contributed by atoms with Crippen LogP contribution in [0.2, 0.25) is 0 Å². The van der Waals surface area contributed by atoms with Crippen LogP contribution >= 0.6 is 0 Å². The lowest BCUT2D eigenvalue weighted by Gasteiger charge is -2.37. The summed E-state index contributed by atoms with van der Waals surface area (Å²) in [6.07, 6.45) is -0.862. The van der Waals surface area contributed by atoms with Crippen LogP contribution in [-0.2, 0) is 4.74 Å². The monoisotopic (exact) mass is 250 g/mol. The minimum atomic E-state index is -2.77. The maximum absolute atomic E-state index is 13.4. The van der Waals surface area contributed by atoms with Crippen molar-refractivity contribution in [2.45, 2.75) is 26.2 Å². The van der Waals surface area contributed by atoms with Gasteiger partial charge >= 0.3 is 6.09 Å². The number of halogens is 2. The van der Waals surface area contributed by atoms with Gasteiger partial charge in [-0.2, -0.15) is 0 Å². The molecule has 1 atom stereocenters. The first kappa shape index (κ1) is 14.2. The molecule has 1 rings (SSSR count). The van der Waals surface area contributed by atoms with Gasteiger partial charge < -0.3 is 15.4 Å². The molecule has 0 radical (unpaired) electrons. The summed E-state index contributed by atoms with van der Waals surface area (Å²) in [7, 11) is 0. The molecule has 1 unspecified atom stereocenters. The number of nitrogens with two attached hydrogens (primary N) is 1. The summed E-state index contributed by atoms with van der Waals surface area (Å²) in [5, 5.41) is 0. The van der Waals surface area contributed by atoms with E-state index in [0.717, 1.165) is 0 Å².